The van der Waals surface area contributed by atoms with Crippen molar-refractivity contribution in [3.05, 3.63) is 23.8 Å². The molecular weight excluding hydrogens is 374 g/mol. The second-order valence-corrected chi connectivity index (χ2v) is 9.21. The molecule has 4 rings (SSSR count). The number of anilines is 2. The third kappa shape index (κ3) is 6.11. The number of carbonyl (C=O) groups excluding carboxylic acids is 1. The van der Waals surface area contributed by atoms with Crippen molar-refractivity contribution in [2.75, 3.05) is 49.9 Å². The molecule has 1 aliphatic heterocycles. The summed E-state index contributed by atoms with van der Waals surface area (Å²) in [5.74, 6) is 0.0313. The SMILES string of the molecule is O=C(NCCN1CCNCC1)c1ccc(NC2CCCCC2)c(NC2CCCC2)c1. The minimum Gasteiger partial charge on any atom is -0.381 e. The minimum absolute atomic E-state index is 0.0313. The molecular formula is C24H39N5O. The topological polar surface area (TPSA) is 68.4 Å². The second-order valence-electron chi connectivity index (χ2n) is 9.21. The second kappa shape index (κ2) is 11.0. The van der Waals surface area contributed by atoms with Crippen molar-refractivity contribution in [1.82, 2.24) is 15.5 Å². The predicted octanol–water partition coefficient (Wildman–Crippen LogP) is 3.42. The van der Waals surface area contributed by atoms with E-state index in [1.807, 2.05) is 6.07 Å². The molecule has 166 valence electrons. The Morgan fingerprint density at radius 3 is 2.23 bits per heavy atom. The highest BCUT2D eigenvalue weighted by molar-refractivity contribution is 5.96. The fraction of sp³-hybridized carbons (Fsp3) is 0.708. The highest BCUT2D eigenvalue weighted by Gasteiger charge is 2.20. The number of carbonyl (C=O) groups is 1. The van der Waals surface area contributed by atoms with Gasteiger partial charge in [0.1, 0.15) is 0 Å². The maximum Gasteiger partial charge on any atom is 0.251 e. The largest absolute Gasteiger partial charge is 0.381 e. The molecule has 3 fully saturated rings. The summed E-state index contributed by atoms with van der Waals surface area (Å²) in [6.45, 7) is 5.83. The van der Waals surface area contributed by atoms with Crippen molar-refractivity contribution < 1.29 is 4.79 Å². The smallest absolute Gasteiger partial charge is 0.251 e. The molecule has 3 aliphatic rings. The number of hydrogen-bond donors (Lipinski definition) is 4. The lowest BCUT2D eigenvalue weighted by Gasteiger charge is -2.27. The molecule has 2 aliphatic carbocycles. The van der Waals surface area contributed by atoms with Crippen molar-refractivity contribution in [3.8, 4) is 0 Å². The number of benzene rings is 1. The molecule has 0 bridgehead atoms. The number of nitrogens with zero attached hydrogens (tertiary/aromatic N) is 1. The summed E-state index contributed by atoms with van der Waals surface area (Å²) in [4.78, 5) is 15.2. The van der Waals surface area contributed by atoms with Gasteiger partial charge in [0.15, 0.2) is 0 Å². The van der Waals surface area contributed by atoms with Crippen molar-refractivity contribution in [3.63, 3.8) is 0 Å². The standard InChI is InChI=1S/C24H39N5O/c30-24(26-14-17-29-15-12-25-13-16-29)19-10-11-22(27-20-6-2-1-3-7-20)23(18-19)28-21-8-4-5-9-21/h10-11,18,20-21,25,27-28H,1-9,12-17H2,(H,26,30). The maximum absolute atomic E-state index is 12.8. The minimum atomic E-state index is 0.0313. The molecule has 1 heterocycles. The average Bonchev–Trinajstić information content (AvgIpc) is 3.29. The summed E-state index contributed by atoms with van der Waals surface area (Å²) in [6, 6.07) is 7.23. The molecule has 6 nitrogen and oxygen atoms in total. The van der Waals surface area contributed by atoms with E-state index < -0.39 is 0 Å². The van der Waals surface area contributed by atoms with Gasteiger partial charge in [0, 0.05) is 56.9 Å². The van der Waals surface area contributed by atoms with Crippen LogP contribution in [0.3, 0.4) is 0 Å². The van der Waals surface area contributed by atoms with E-state index in [4.69, 9.17) is 0 Å². The van der Waals surface area contributed by atoms with Crippen molar-refractivity contribution in [2.45, 2.75) is 69.9 Å². The Morgan fingerprint density at radius 2 is 1.53 bits per heavy atom. The molecule has 1 aromatic carbocycles. The Labute approximate surface area is 181 Å². The Hall–Kier alpha value is -1.79. The maximum atomic E-state index is 12.8. The summed E-state index contributed by atoms with van der Waals surface area (Å²) in [5.41, 5.74) is 3.01. The summed E-state index contributed by atoms with van der Waals surface area (Å²) in [7, 11) is 0. The first kappa shape index (κ1) is 21.4. The zero-order valence-electron chi connectivity index (χ0n) is 18.3. The molecule has 0 unspecified atom stereocenters. The van der Waals surface area contributed by atoms with Crippen LogP contribution in [0, 0.1) is 0 Å². The van der Waals surface area contributed by atoms with E-state index in [2.05, 4.69) is 38.3 Å². The van der Waals surface area contributed by atoms with Gasteiger partial charge in [-0.1, -0.05) is 32.1 Å². The number of piperazine rings is 1. The molecule has 2 saturated carbocycles. The van der Waals surface area contributed by atoms with E-state index in [1.54, 1.807) is 0 Å². The van der Waals surface area contributed by atoms with Gasteiger partial charge in [0.05, 0.1) is 11.4 Å². The zero-order chi connectivity index (χ0) is 20.6. The Balaban J connectivity index is 1.38. The van der Waals surface area contributed by atoms with E-state index in [9.17, 15) is 4.79 Å². The van der Waals surface area contributed by atoms with E-state index in [-0.39, 0.29) is 5.91 Å². The van der Waals surface area contributed by atoms with Gasteiger partial charge in [-0.2, -0.15) is 0 Å². The van der Waals surface area contributed by atoms with Crippen molar-refractivity contribution in [2.24, 2.45) is 0 Å². The normalized spacial score (nSPS) is 21.5. The lowest BCUT2D eigenvalue weighted by Crippen LogP contribution is -2.46. The first-order valence-corrected chi connectivity index (χ1v) is 12.2. The molecule has 0 atom stereocenters. The number of amides is 1. The first-order valence-electron chi connectivity index (χ1n) is 12.2. The van der Waals surface area contributed by atoms with Crippen LogP contribution in [0.1, 0.15) is 68.1 Å². The fourth-order valence-corrected chi connectivity index (χ4v) is 5.05. The molecule has 0 spiro atoms. The van der Waals surface area contributed by atoms with Gasteiger partial charge < -0.3 is 21.3 Å². The third-order valence-corrected chi connectivity index (χ3v) is 6.88. The Bertz CT molecular complexity index is 676. The monoisotopic (exact) mass is 413 g/mol. The van der Waals surface area contributed by atoms with Gasteiger partial charge in [0.2, 0.25) is 0 Å². The first-order chi connectivity index (χ1) is 14.8. The van der Waals surface area contributed by atoms with Crippen LogP contribution >= 0.6 is 0 Å². The molecule has 0 aromatic heterocycles. The van der Waals surface area contributed by atoms with Crippen LogP contribution in [0.4, 0.5) is 11.4 Å². The summed E-state index contributed by atoms with van der Waals surface area (Å²) < 4.78 is 0. The van der Waals surface area contributed by atoms with Crippen molar-refractivity contribution >= 4 is 17.3 Å². The highest BCUT2D eigenvalue weighted by Crippen LogP contribution is 2.31. The zero-order valence-corrected chi connectivity index (χ0v) is 18.3. The van der Waals surface area contributed by atoms with Gasteiger partial charge in [-0.05, 0) is 43.9 Å². The Morgan fingerprint density at radius 1 is 0.900 bits per heavy atom. The number of hydrogen-bond acceptors (Lipinski definition) is 5. The number of nitrogens with one attached hydrogen (secondary N) is 4. The van der Waals surface area contributed by atoms with Gasteiger partial charge in [-0.15, -0.1) is 0 Å². The molecule has 6 heteroatoms. The summed E-state index contributed by atoms with van der Waals surface area (Å²) >= 11 is 0. The van der Waals surface area contributed by atoms with Gasteiger partial charge in [-0.25, -0.2) is 0 Å². The molecule has 0 radical (unpaired) electrons. The van der Waals surface area contributed by atoms with E-state index in [0.717, 1.165) is 49.7 Å². The molecule has 4 N–H and O–H groups in total. The summed E-state index contributed by atoms with van der Waals surface area (Å²) in [5, 5.41) is 14.0. The predicted molar refractivity (Wildman–Crippen MR) is 124 cm³/mol. The van der Waals surface area contributed by atoms with Crippen LogP contribution in [0.25, 0.3) is 0 Å². The molecule has 30 heavy (non-hydrogen) atoms. The van der Waals surface area contributed by atoms with Crippen LogP contribution < -0.4 is 21.3 Å². The molecule has 1 aromatic rings. The van der Waals surface area contributed by atoms with Crippen LogP contribution in [-0.2, 0) is 0 Å². The van der Waals surface area contributed by atoms with Crippen LogP contribution in [0.2, 0.25) is 0 Å². The summed E-state index contributed by atoms with van der Waals surface area (Å²) in [6.07, 6.45) is 11.5. The van der Waals surface area contributed by atoms with Gasteiger partial charge in [-0.3, -0.25) is 9.69 Å². The molecule has 1 amide bonds. The lowest BCUT2D eigenvalue weighted by atomic mass is 9.95. The quantitative estimate of drug-likeness (QED) is 0.526. The van der Waals surface area contributed by atoms with E-state index in [0.29, 0.717) is 18.6 Å². The van der Waals surface area contributed by atoms with E-state index in [1.165, 1.54) is 57.8 Å². The van der Waals surface area contributed by atoms with Crippen LogP contribution in [-0.4, -0.2) is 62.2 Å². The van der Waals surface area contributed by atoms with Crippen LogP contribution in [0.5, 0.6) is 0 Å². The van der Waals surface area contributed by atoms with Gasteiger partial charge >= 0.3 is 0 Å². The lowest BCUT2D eigenvalue weighted by molar-refractivity contribution is 0.0947. The highest BCUT2D eigenvalue weighted by atomic mass is 16.1. The number of rotatable bonds is 8. The molecule has 1 saturated heterocycles. The van der Waals surface area contributed by atoms with Crippen molar-refractivity contribution in [1.29, 1.82) is 0 Å². The van der Waals surface area contributed by atoms with E-state index >= 15 is 0 Å². The third-order valence-electron chi connectivity index (χ3n) is 6.88. The van der Waals surface area contributed by atoms with Crippen LogP contribution in [0.15, 0.2) is 18.2 Å². The fourth-order valence-electron chi connectivity index (χ4n) is 5.05. The van der Waals surface area contributed by atoms with Gasteiger partial charge in [0.25, 0.3) is 5.91 Å². The Kier molecular flexibility index (Phi) is 7.87. The average molecular weight is 414 g/mol.